The first kappa shape index (κ1) is 34.7. The Balaban J connectivity index is 0.00000500. The number of para-hydroxylation sites is 1. The number of amides is 1. The third kappa shape index (κ3) is 7.62. The van der Waals surface area contributed by atoms with Crippen LogP contribution in [0.2, 0.25) is 0 Å². The van der Waals surface area contributed by atoms with Crippen molar-refractivity contribution >= 4 is 41.0 Å². The summed E-state index contributed by atoms with van der Waals surface area (Å²) in [7, 11) is 1.59. The van der Waals surface area contributed by atoms with Gasteiger partial charge in [-0.1, -0.05) is 32.0 Å². The molecule has 0 radical (unpaired) electrons. The second-order valence-corrected chi connectivity index (χ2v) is 11.1. The fourth-order valence-electron chi connectivity index (χ4n) is 4.92. The zero-order valence-corrected chi connectivity index (χ0v) is 27.5. The molecule has 1 unspecified atom stereocenters. The number of nitrogens with zero attached hydrogens (tertiary/aromatic N) is 4. The van der Waals surface area contributed by atoms with Gasteiger partial charge in [0.05, 0.1) is 36.7 Å². The maximum Gasteiger partial charge on any atom is 0.323 e. The molecule has 12 nitrogen and oxygen atoms in total. The molecule has 47 heavy (non-hydrogen) atoms. The lowest BCUT2D eigenvalue weighted by Gasteiger charge is -2.21. The number of hydrogen-bond acceptors (Lipinski definition) is 9. The third-order valence-corrected chi connectivity index (χ3v) is 7.48. The highest BCUT2D eigenvalue weighted by Gasteiger charge is 2.27. The summed E-state index contributed by atoms with van der Waals surface area (Å²) in [5.41, 5.74) is 7.02. The molecule has 0 bridgehead atoms. The van der Waals surface area contributed by atoms with E-state index in [9.17, 15) is 14.4 Å². The number of anilines is 1. The number of carbonyl (C=O) groups excluding carboxylic acids is 2. The number of esters is 1. The Morgan fingerprint density at radius 1 is 0.979 bits per heavy atom. The molecular formula is C34H37ClN6O6. The molecule has 5 rings (SSSR count). The van der Waals surface area contributed by atoms with Crippen molar-refractivity contribution in [3.63, 3.8) is 0 Å². The number of methoxy groups -OCH3 is 1. The molecule has 5 aromatic rings. The molecule has 3 heterocycles. The van der Waals surface area contributed by atoms with Crippen LogP contribution in [0, 0.1) is 12.8 Å². The van der Waals surface area contributed by atoms with E-state index in [0.717, 1.165) is 5.39 Å². The van der Waals surface area contributed by atoms with Crippen LogP contribution in [0.4, 0.5) is 5.82 Å². The molecule has 3 aromatic heterocycles. The summed E-state index contributed by atoms with van der Waals surface area (Å²) in [6, 6.07) is 18.6. The van der Waals surface area contributed by atoms with Gasteiger partial charge in [0.15, 0.2) is 0 Å². The third-order valence-electron chi connectivity index (χ3n) is 7.48. The standard InChI is InChI=1S/C34H36N6O6.ClH/c1-20(2)31(35)34(43)45-21(3)19-39-22(4)30(33(42)40(39)23-9-7-6-8-10-23)32(41)38-29-14-12-25(18-37-29)46-28-15-16-36-27-17-24(44-5)11-13-26(27)28;/h6-18,20-21,31H,19,35H2,1-5H3,(H,37,38,41);1H/t21-,31?;/m1./s1. The fourth-order valence-corrected chi connectivity index (χ4v) is 4.92. The van der Waals surface area contributed by atoms with Crippen molar-refractivity contribution in [2.75, 3.05) is 12.4 Å². The average Bonchev–Trinajstić information content (AvgIpc) is 3.29. The van der Waals surface area contributed by atoms with Crippen molar-refractivity contribution in [3.05, 3.63) is 101 Å². The van der Waals surface area contributed by atoms with Gasteiger partial charge in [-0.2, -0.15) is 0 Å². The van der Waals surface area contributed by atoms with Crippen molar-refractivity contribution in [1.82, 2.24) is 19.3 Å². The molecule has 2 atom stereocenters. The lowest BCUT2D eigenvalue weighted by molar-refractivity contribution is -0.151. The minimum atomic E-state index is -0.775. The number of benzene rings is 2. The summed E-state index contributed by atoms with van der Waals surface area (Å²) < 4.78 is 19.9. The first-order valence-electron chi connectivity index (χ1n) is 14.8. The van der Waals surface area contributed by atoms with E-state index in [2.05, 4.69) is 15.3 Å². The van der Waals surface area contributed by atoms with E-state index in [4.69, 9.17) is 19.9 Å². The predicted octanol–water partition coefficient (Wildman–Crippen LogP) is 5.28. The van der Waals surface area contributed by atoms with Gasteiger partial charge in [-0.3, -0.25) is 24.0 Å². The van der Waals surface area contributed by atoms with Crippen LogP contribution >= 0.6 is 12.4 Å². The average molecular weight is 661 g/mol. The Morgan fingerprint density at radius 3 is 2.36 bits per heavy atom. The summed E-state index contributed by atoms with van der Waals surface area (Å²) in [5.74, 6) is 0.669. The number of aromatic nitrogens is 4. The second kappa shape index (κ2) is 14.9. The van der Waals surface area contributed by atoms with Gasteiger partial charge in [-0.25, -0.2) is 9.67 Å². The van der Waals surface area contributed by atoms with Crippen LogP contribution in [0.5, 0.6) is 17.2 Å². The van der Waals surface area contributed by atoms with Gasteiger partial charge >= 0.3 is 5.97 Å². The number of nitrogens with one attached hydrogen (secondary N) is 1. The monoisotopic (exact) mass is 660 g/mol. The van der Waals surface area contributed by atoms with Crippen LogP contribution < -0.4 is 26.1 Å². The van der Waals surface area contributed by atoms with Crippen LogP contribution in [0.25, 0.3) is 16.6 Å². The minimum absolute atomic E-state index is 0. The summed E-state index contributed by atoms with van der Waals surface area (Å²) in [6.45, 7) is 7.16. The van der Waals surface area contributed by atoms with Gasteiger partial charge < -0.3 is 25.3 Å². The minimum Gasteiger partial charge on any atom is -0.497 e. The van der Waals surface area contributed by atoms with E-state index < -0.39 is 29.6 Å². The van der Waals surface area contributed by atoms with Crippen molar-refractivity contribution in [3.8, 4) is 22.9 Å². The first-order chi connectivity index (χ1) is 22.1. The fraction of sp³-hybridized carbons (Fsp3) is 0.265. The van der Waals surface area contributed by atoms with Crippen molar-refractivity contribution in [2.24, 2.45) is 11.7 Å². The molecule has 0 fully saturated rings. The van der Waals surface area contributed by atoms with Gasteiger partial charge in [0.2, 0.25) is 0 Å². The van der Waals surface area contributed by atoms with Crippen molar-refractivity contribution < 1.29 is 23.8 Å². The quantitative estimate of drug-likeness (QED) is 0.180. The number of nitrogens with two attached hydrogens (primary N) is 1. The zero-order valence-electron chi connectivity index (χ0n) is 26.7. The number of carbonyl (C=O) groups is 2. The van der Waals surface area contributed by atoms with Crippen LogP contribution in [-0.4, -0.2) is 50.5 Å². The Hall–Kier alpha value is -5.20. The van der Waals surface area contributed by atoms with E-state index in [-0.39, 0.29) is 36.3 Å². The highest BCUT2D eigenvalue weighted by molar-refractivity contribution is 6.04. The maximum atomic E-state index is 13.7. The molecule has 0 saturated carbocycles. The molecule has 2 aromatic carbocycles. The summed E-state index contributed by atoms with van der Waals surface area (Å²) in [4.78, 5) is 48.5. The van der Waals surface area contributed by atoms with Gasteiger partial charge in [0, 0.05) is 17.6 Å². The predicted molar refractivity (Wildman–Crippen MR) is 181 cm³/mol. The normalized spacial score (nSPS) is 12.2. The SMILES string of the molecule is COc1ccc2c(Oc3ccc(NC(=O)c4c(C)n(C[C@@H](C)OC(=O)C(N)C(C)C)n(-c5ccccc5)c4=O)nc3)ccnc2c1.Cl. The van der Waals surface area contributed by atoms with Crippen LogP contribution in [0.1, 0.15) is 36.8 Å². The zero-order chi connectivity index (χ0) is 33.0. The number of fused-ring (bicyclic) bond motifs is 1. The lowest BCUT2D eigenvalue weighted by atomic mass is 10.1. The Bertz CT molecular complexity index is 1920. The number of ether oxygens (including phenoxy) is 3. The maximum absolute atomic E-state index is 13.7. The van der Waals surface area contributed by atoms with Gasteiger partial charge in [0.25, 0.3) is 11.5 Å². The number of hydrogen-bond donors (Lipinski definition) is 2. The van der Waals surface area contributed by atoms with Gasteiger partial charge in [-0.15, -0.1) is 12.4 Å². The molecule has 3 N–H and O–H groups in total. The topological polar surface area (TPSA) is 153 Å². The van der Waals surface area contributed by atoms with E-state index in [1.54, 1.807) is 74.3 Å². The molecule has 13 heteroatoms. The van der Waals surface area contributed by atoms with Crippen molar-refractivity contribution in [1.29, 1.82) is 0 Å². The molecule has 0 aliphatic carbocycles. The highest BCUT2D eigenvalue weighted by Crippen LogP contribution is 2.31. The van der Waals surface area contributed by atoms with Crippen LogP contribution in [0.3, 0.4) is 0 Å². The van der Waals surface area contributed by atoms with Gasteiger partial charge in [-0.05, 0) is 62.2 Å². The van der Waals surface area contributed by atoms with Crippen molar-refractivity contribution in [2.45, 2.75) is 46.4 Å². The molecule has 1 amide bonds. The highest BCUT2D eigenvalue weighted by atomic mass is 35.5. The largest absolute Gasteiger partial charge is 0.497 e. The number of halogens is 1. The van der Waals surface area contributed by atoms with E-state index >= 15 is 0 Å². The number of rotatable bonds is 11. The molecule has 0 saturated heterocycles. The summed E-state index contributed by atoms with van der Waals surface area (Å²) >= 11 is 0. The van der Waals surface area contributed by atoms with Crippen LogP contribution in [0.15, 0.2) is 83.9 Å². The van der Waals surface area contributed by atoms with Gasteiger partial charge in [0.1, 0.15) is 40.8 Å². The Kier molecular flexibility index (Phi) is 11.0. The lowest BCUT2D eigenvalue weighted by Crippen LogP contribution is -2.39. The molecule has 246 valence electrons. The molecule has 0 aliphatic heterocycles. The smallest absolute Gasteiger partial charge is 0.323 e. The summed E-state index contributed by atoms with van der Waals surface area (Å²) in [5, 5.41) is 3.51. The van der Waals surface area contributed by atoms with E-state index in [1.165, 1.54) is 10.9 Å². The Morgan fingerprint density at radius 2 is 1.70 bits per heavy atom. The van der Waals surface area contributed by atoms with Crippen LogP contribution in [-0.2, 0) is 16.1 Å². The second-order valence-electron chi connectivity index (χ2n) is 11.1. The molecule has 0 aliphatic rings. The summed E-state index contributed by atoms with van der Waals surface area (Å²) in [6.07, 6.45) is 2.48. The Labute approximate surface area is 277 Å². The number of pyridine rings is 2. The van der Waals surface area contributed by atoms with E-state index in [0.29, 0.717) is 34.1 Å². The van der Waals surface area contributed by atoms with E-state index in [1.807, 2.05) is 38.1 Å². The molecular weight excluding hydrogens is 624 g/mol. The molecule has 0 spiro atoms. The first-order valence-corrected chi connectivity index (χ1v) is 14.8.